The highest BCUT2D eigenvalue weighted by atomic mass is 35.5. The van der Waals surface area contributed by atoms with E-state index in [1.54, 1.807) is 11.0 Å². The van der Waals surface area contributed by atoms with Gasteiger partial charge in [-0.1, -0.05) is 23.2 Å². The molecule has 0 bridgehead atoms. The second kappa shape index (κ2) is 5.58. The topological polar surface area (TPSA) is 23.6 Å². The predicted molar refractivity (Wildman–Crippen MR) is 87.3 cm³/mol. The van der Waals surface area contributed by atoms with Gasteiger partial charge in [0, 0.05) is 35.0 Å². The van der Waals surface area contributed by atoms with Crippen molar-refractivity contribution in [3.63, 3.8) is 0 Å². The third-order valence-corrected chi connectivity index (χ3v) is 4.15. The zero-order chi connectivity index (χ0) is 15.0. The minimum Gasteiger partial charge on any atom is -0.370 e. The van der Waals surface area contributed by atoms with Crippen molar-refractivity contribution in [1.29, 1.82) is 0 Å². The lowest BCUT2D eigenvalue weighted by Gasteiger charge is -2.31. The molecule has 1 heterocycles. The normalized spacial score (nSPS) is 14.0. The molecule has 5 heteroatoms. The summed E-state index contributed by atoms with van der Waals surface area (Å²) in [5.74, 6) is 0. The van der Waals surface area contributed by atoms with E-state index in [2.05, 4.69) is 4.90 Å². The molecule has 0 N–H and O–H groups in total. The Labute approximate surface area is 133 Å². The van der Waals surface area contributed by atoms with E-state index in [4.69, 9.17) is 23.2 Å². The van der Waals surface area contributed by atoms with Crippen LogP contribution in [-0.2, 0) is 17.9 Å². The Morgan fingerprint density at radius 2 is 1.52 bits per heavy atom. The monoisotopic (exact) mass is 320 g/mol. The van der Waals surface area contributed by atoms with Crippen LogP contribution in [0.3, 0.4) is 0 Å². The van der Waals surface area contributed by atoms with Gasteiger partial charge in [-0.05, 0) is 47.5 Å². The number of carbonyl (C=O) groups is 1. The number of hydrogen-bond donors (Lipinski definition) is 0. The predicted octanol–water partition coefficient (Wildman–Crippen LogP) is 4.11. The van der Waals surface area contributed by atoms with Crippen LogP contribution >= 0.6 is 23.2 Å². The Kier molecular flexibility index (Phi) is 3.79. The lowest BCUT2D eigenvalue weighted by Crippen LogP contribution is -2.28. The minimum absolute atomic E-state index is 0.484. The first-order valence-corrected chi connectivity index (χ1v) is 7.34. The van der Waals surface area contributed by atoms with Crippen molar-refractivity contribution in [3.8, 4) is 0 Å². The molecule has 0 unspecified atom stereocenters. The first-order chi connectivity index (χ1) is 10.1. The quantitative estimate of drug-likeness (QED) is 0.738. The Morgan fingerprint density at radius 3 is 2.14 bits per heavy atom. The van der Waals surface area contributed by atoms with Crippen LogP contribution in [0.1, 0.15) is 11.1 Å². The van der Waals surface area contributed by atoms with E-state index in [9.17, 15) is 4.79 Å². The molecule has 0 atom stereocenters. The van der Waals surface area contributed by atoms with Gasteiger partial charge >= 0.3 is 0 Å². The molecule has 3 nitrogen and oxygen atoms in total. The number of hydrogen-bond acceptors (Lipinski definition) is 2. The van der Waals surface area contributed by atoms with Crippen LogP contribution in [0.15, 0.2) is 36.4 Å². The Morgan fingerprint density at radius 1 is 0.952 bits per heavy atom. The van der Waals surface area contributed by atoms with Crippen molar-refractivity contribution in [2.24, 2.45) is 0 Å². The van der Waals surface area contributed by atoms with Crippen LogP contribution in [-0.4, -0.2) is 13.5 Å². The Balaban J connectivity index is 2.14. The maximum absolute atomic E-state index is 11.5. The zero-order valence-corrected chi connectivity index (χ0v) is 13.0. The first kappa shape index (κ1) is 14.2. The minimum atomic E-state index is 0.484. The summed E-state index contributed by atoms with van der Waals surface area (Å²) in [6.45, 7) is 1.16. The highest BCUT2D eigenvalue weighted by molar-refractivity contribution is 6.31. The lowest BCUT2D eigenvalue weighted by atomic mass is 10.1. The fourth-order valence-electron chi connectivity index (χ4n) is 2.72. The molecular formula is C16H14Cl2N2O. The van der Waals surface area contributed by atoms with Crippen LogP contribution in [0.25, 0.3) is 0 Å². The third-order valence-electron chi connectivity index (χ3n) is 3.68. The maximum atomic E-state index is 11.5. The number of carbonyl (C=O) groups excluding carboxylic acids is 1. The molecule has 0 aromatic heterocycles. The summed E-state index contributed by atoms with van der Waals surface area (Å²) in [7, 11) is 2.02. The van der Waals surface area contributed by atoms with Crippen molar-refractivity contribution in [1.82, 2.24) is 0 Å². The second-order valence-electron chi connectivity index (χ2n) is 5.14. The summed E-state index contributed by atoms with van der Waals surface area (Å²) in [6.07, 6.45) is 0.850. The van der Waals surface area contributed by atoms with E-state index in [0.29, 0.717) is 23.1 Å². The number of benzene rings is 2. The molecule has 2 aromatic carbocycles. The van der Waals surface area contributed by atoms with Crippen LogP contribution in [0.4, 0.5) is 11.4 Å². The molecule has 0 aliphatic carbocycles. The molecule has 0 saturated carbocycles. The molecular weight excluding hydrogens is 307 g/mol. The molecule has 3 rings (SSSR count). The molecule has 21 heavy (non-hydrogen) atoms. The van der Waals surface area contributed by atoms with Crippen molar-refractivity contribution >= 4 is 41.0 Å². The van der Waals surface area contributed by atoms with E-state index in [1.807, 2.05) is 37.4 Å². The number of fused-ring (bicyclic) bond motifs is 2. The summed E-state index contributed by atoms with van der Waals surface area (Å²) in [5.41, 5.74) is 4.00. The summed E-state index contributed by atoms with van der Waals surface area (Å²) >= 11 is 12.2. The van der Waals surface area contributed by atoms with Crippen molar-refractivity contribution in [2.75, 3.05) is 16.8 Å². The fraction of sp³-hybridized carbons (Fsp3) is 0.188. The van der Waals surface area contributed by atoms with Gasteiger partial charge in [0.25, 0.3) is 0 Å². The van der Waals surface area contributed by atoms with Gasteiger partial charge in [0.05, 0.1) is 6.54 Å². The number of halogens is 2. The summed E-state index contributed by atoms with van der Waals surface area (Å²) < 4.78 is 0. The first-order valence-electron chi connectivity index (χ1n) is 6.58. The maximum Gasteiger partial charge on any atom is 0.214 e. The van der Waals surface area contributed by atoms with E-state index in [0.717, 1.165) is 28.9 Å². The van der Waals surface area contributed by atoms with Gasteiger partial charge in [-0.25, -0.2) is 0 Å². The average molecular weight is 321 g/mol. The van der Waals surface area contributed by atoms with Gasteiger partial charge in [-0.2, -0.15) is 0 Å². The van der Waals surface area contributed by atoms with Gasteiger partial charge in [-0.15, -0.1) is 0 Å². The molecule has 1 aliphatic rings. The van der Waals surface area contributed by atoms with Gasteiger partial charge in [0.1, 0.15) is 0 Å². The second-order valence-corrected chi connectivity index (χ2v) is 6.01. The Bertz CT molecular complexity index is 703. The molecule has 0 fully saturated rings. The largest absolute Gasteiger partial charge is 0.370 e. The summed E-state index contributed by atoms with van der Waals surface area (Å²) in [6, 6.07) is 11.3. The van der Waals surface area contributed by atoms with Crippen LogP contribution in [0, 0.1) is 0 Å². The number of rotatable bonds is 1. The van der Waals surface area contributed by atoms with Crippen LogP contribution in [0.2, 0.25) is 10.0 Å². The van der Waals surface area contributed by atoms with E-state index in [1.165, 1.54) is 0 Å². The van der Waals surface area contributed by atoms with Crippen LogP contribution < -0.4 is 9.80 Å². The van der Waals surface area contributed by atoms with Gasteiger partial charge in [0.15, 0.2) is 0 Å². The molecule has 0 radical (unpaired) electrons. The number of anilines is 2. The number of nitrogens with zero attached hydrogens (tertiary/aromatic N) is 2. The van der Waals surface area contributed by atoms with Crippen molar-refractivity contribution < 1.29 is 4.79 Å². The summed E-state index contributed by atoms with van der Waals surface area (Å²) in [5, 5.41) is 1.34. The van der Waals surface area contributed by atoms with Crippen molar-refractivity contribution in [2.45, 2.75) is 13.1 Å². The van der Waals surface area contributed by atoms with Gasteiger partial charge < -0.3 is 9.80 Å². The molecule has 1 aliphatic heterocycles. The third kappa shape index (κ3) is 2.71. The lowest BCUT2D eigenvalue weighted by molar-refractivity contribution is -0.107. The fourth-order valence-corrected chi connectivity index (χ4v) is 3.11. The van der Waals surface area contributed by atoms with E-state index >= 15 is 0 Å². The molecule has 0 saturated heterocycles. The highest BCUT2D eigenvalue weighted by Crippen LogP contribution is 2.33. The van der Waals surface area contributed by atoms with E-state index in [-0.39, 0.29) is 0 Å². The van der Waals surface area contributed by atoms with Crippen molar-refractivity contribution in [3.05, 3.63) is 57.6 Å². The van der Waals surface area contributed by atoms with Crippen LogP contribution in [0.5, 0.6) is 0 Å². The zero-order valence-electron chi connectivity index (χ0n) is 11.5. The smallest absolute Gasteiger partial charge is 0.214 e. The molecule has 0 spiro atoms. The summed E-state index contributed by atoms with van der Waals surface area (Å²) in [4.78, 5) is 15.3. The average Bonchev–Trinajstić information content (AvgIpc) is 2.44. The molecule has 108 valence electrons. The van der Waals surface area contributed by atoms with Gasteiger partial charge in [-0.3, -0.25) is 4.79 Å². The SMILES string of the molecule is CN1Cc2cc(Cl)ccc2N(C=O)Cc2cc(Cl)ccc21. The molecule has 1 amide bonds. The van der Waals surface area contributed by atoms with E-state index < -0.39 is 0 Å². The van der Waals surface area contributed by atoms with Gasteiger partial charge in [0.2, 0.25) is 6.41 Å². The molecule has 2 aromatic rings. The number of amides is 1. The highest BCUT2D eigenvalue weighted by Gasteiger charge is 2.20. The standard InChI is InChI=1S/C16H14Cl2N2O/c1-19-8-11-6-14(18)3-5-16(11)20(10-21)9-12-7-13(17)2-4-15(12)19/h2-7,10H,8-9H2,1H3. The Hall–Kier alpha value is -1.71.